The summed E-state index contributed by atoms with van der Waals surface area (Å²) in [5, 5.41) is 0.188. The second-order valence-corrected chi connectivity index (χ2v) is 8.19. The SMILES string of the molecule is CC(=O)C(C)SC1=N/C(=C\c2ccc3c(c2)OCO3)C(=O)N1c1ccc(C)cc1. The Labute approximate surface area is 173 Å². The molecule has 29 heavy (non-hydrogen) atoms. The molecule has 0 radical (unpaired) electrons. The molecule has 0 bridgehead atoms. The number of fused-ring (bicyclic) bond motifs is 1. The molecule has 148 valence electrons. The predicted octanol–water partition coefficient (Wildman–Crippen LogP) is 4.18. The summed E-state index contributed by atoms with van der Waals surface area (Å²) in [5.74, 6) is 1.12. The number of amides is 1. The molecule has 1 unspecified atom stereocenters. The number of thioether (sulfide) groups is 1. The van der Waals surface area contributed by atoms with Crippen LogP contribution in [0.25, 0.3) is 6.08 Å². The highest BCUT2D eigenvalue weighted by molar-refractivity contribution is 8.15. The van der Waals surface area contributed by atoms with Crippen molar-refractivity contribution >= 4 is 40.4 Å². The average molecular weight is 408 g/mol. The van der Waals surface area contributed by atoms with Gasteiger partial charge in [-0.1, -0.05) is 35.5 Å². The topological polar surface area (TPSA) is 68.2 Å². The van der Waals surface area contributed by atoms with E-state index in [1.165, 1.54) is 18.7 Å². The maximum Gasteiger partial charge on any atom is 0.283 e. The van der Waals surface area contributed by atoms with Crippen molar-refractivity contribution in [3.8, 4) is 11.5 Å². The molecule has 0 aromatic heterocycles. The molecule has 2 aliphatic heterocycles. The maximum absolute atomic E-state index is 13.2. The minimum atomic E-state index is -0.306. The minimum Gasteiger partial charge on any atom is -0.454 e. The van der Waals surface area contributed by atoms with Gasteiger partial charge in [0.25, 0.3) is 5.91 Å². The number of ether oxygens (including phenoxy) is 2. The molecule has 0 spiro atoms. The molecular formula is C22H20N2O4S. The van der Waals surface area contributed by atoms with Crippen LogP contribution >= 0.6 is 11.8 Å². The molecule has 7 heteroatoms. The second-order valence-electron chi connectivity index (χ2n) is 6.88. The quantitative estimate of drug-likeness (QED) is 0.710. The zero-order chi connectivity index (χ0) is 20.5. The van der Waals surface area contributed by atoms with Crippen LogP contribution in [0.1, 0.15) is 25.0 Å². The molecule has 6 nitrogen and oxygen atoms in total. The largest absolute Gasteiger partial charge is 0.454 e. The number of hydrogen-bond acceptors (Lipinski definition) is 6. The van der Waals surface area contributed by atoms with Crippen LogP contribution < -0.4 is 14.4 Å². The first-order chi connectivity index (χ1) is 13.9. The van der Waals surface area contributed by atoms with Crippen molar-refractivity contribution < 1.29 is 19.1 Å². The third-order valence-corrected chi connectivity index (χ3v) is 5.85. The zero-order valence-corrected chi connectivity index (χ0v) is 17.2. The number of aliphatic imine (C=N–C) groups is 1. The zero-order valence-electron chi connectivity index (χ0n) is 16.3. The molecule has 2 aromatic rings. The molecule has 1 amide bonds. The molecule has 0 saturated carbocycles. The van der Waals surface area contributed by atoms with Crippen molar-refractivity contribution in [3.05, 3.63) is 59.3 Å². The van der Waals surface area contributed by atoms with E-state index in [9.17, 15) is 9.59 Å². The Morgan fingerprint density at radius 2 is 1.90 bits per heavy atom. The molecule has 0 aliphatic carbocycles. The monoisotopic (exact) mass is 408 g/mol. The second kappa shape index (κ2) is 7.75. The number of ketones is 1. The normalized spacial score (nSPS) is 17.6. The number of anilines is 1. The van der Waals surface area contributed by atoms with Gasteiger partial charge >= 0.3 is 0 Å². The number of carbonyl (C=O) groups is 2. The highest BCUT2D eigenvalue weighted by Gasteiger charge is 2.33. The van der Waals surface area contributed by atoms with Crippen molar-refractivity contribution in [2.24, 2.45) is 4.99 Å². The van der Waals surface area contributed by atoms with E-state index >= 15 is 0 Å². The summed E-state index contributed by atoms with van der Waals surface area (Å²) < 4.78 is 10.7. The highest BCUT2D eigenvalue weighted by Crippen LogP contribution is 2.35. The third-order valence-electron chi connectivity index (χ3n) is 4.68. The van der Waals surface area contributed by atoms with Gasteiger partial charge in [-0.3, -0.25) is 14.5 Å². The lowest BCUT2D eigenvalue weighted by molar-refractivity contribution is -0.116. The van der Waals surface area contributed by atoms with Crippen LogP contribution in [-0.2, 0) is 9.59 Å². The Morgan fingerprint density at radius 1 is 1.17 bits per heavy atom. The van der Waals surface area contributed by atoms with E-state index in [2.05, 4.69) is 4.99 Å². The van der Waals surface area contributed by atoms with E-state index in [0.29, 0.717) is 22.4 Å². The van der Waals surface area contributed by atoms with Gasteiger partial charge in [-0.05, 0) is 56.7 Å². The number of nitrogens with zero attached hydrogens (tertiary/aromatic N) is 2. The van der Waals surface area contributed by atoms with E-state index in [0.717, 1.165) is 16.8 Å². The molecule has 0 N–H and O–H groups in total. The van der Waals surface area contributed by atoms with Crippen molar-refractivity contribution in [1.82, 2.24) is 0 Å². The number of Topliss-reactive ketones (excluding diaryl/α,β-unsaturated/α-hetero) is 1. The summed E-state index contributed by atoms with van der Waals surface area (Å²) in [5.41, 5.74) is 2.91. The summed E-state index contributed by atoms with van der Waals surface area (Å²) >= 11 is 1.28. The summed E-state index contributed by atoms with van der Waals surface area (Å²) in [6, 6.07) is 13.1. The van der Waals surface area contributed by atoms with Gasteiger partial charge in [0.05, 0.1) is 10.9 Å². The van der Waals surface area contributed by atoms with Crippen LogP contribution in [0.5, 0.6) is 11.5 Å². The Bertz CT molecular complexity index is 1040. The van der Waals surface area contributed by atoms with Crippen LogP contribution in [0.15, 0.2) is 53.2 Å². The van der Waals surface area contributed by atoms with Gasteiger partial charge in [0.15, 0.2) is 16.7 Å². The van der Waals surface area contributed by atoms with Gasteiger partial charge in [0.2, 0.25) is 6.79 Å². The molecule has 4 rings (SSSR count). The van der Waals surface area contributed by atoms with E-state index < -0.39 is 0 Å². The average Bonchev–Trinajstić information content (AvgIpc) is 3.27. The van der Waals surface area contributed by atoms with Crippen LogP contribution in [0.2, 0.25) is 0 Å². The fourth-order valence-electron chi connectivity index (χ4n) is 2.90. The Hall–Kier alpha value is -3.06. The summed E-state index contributed by atoms with van der Waals surface area (Å²) in [6.45, 7) is 5.53. The van der Waals surface area contributed by atoms with Crippen molar-refractivity contribution in [1.29, 1.82) is 0 Å². The number of rotatable bonds is 4. The molecule has 0 fully saturated rings. The molecule has 2 heterocycles. The van der Waals surface area contributed by atoms with Crippen LogP contribution in [0.3, 0.4) is 0 Å². The van der Waals surface area contributed by atoms with Crippen molar-refractivity contribution in [3.63, 3.8) is 0 Å². The molecule has 2 aliphatic rings. The summed E-state index contributed by atoms with van der Waals surface area (Å²) in [7, 11) is 0. The minimum absolute atomic E-state index is 0.0298. The fourth-order valence-corrected chi connectivity index (χ4v) is 3.83. The lowest BCUT2D eigenvalue weighted by atomic mass is 10.1. The van der Waals surface area contributed by atoms with Crippen molar-refractivity contribution in [2.45, 2.75) is 26.0 Å². The first kappa shape index (κ1) is 19.3. The number of benzene rings is 2. The van der Waals surface area contributed by atoms with Gasteiger partial charge in [-0.15, -0.1) is 0 Å². The number of carbonyl (C=O) groups excluding carboxylic acids is 2. The molecule has 0 saturated heterocycles. The fraction of sp³-hybridized carbons (Fsp3) is 0.227. The van der Waals surface area contributed by atoms with Gasteiger partial charge < -0.3 is 9.47 Å². The smallest absolute Gasteiger partial charge is 0.283 e. The number of aryl methyl sites for hydroxylation is 1. The van der Waals surface area contributed by atoms with Crippen LogP contribution in [0, 0.1) is 6.92 Å². The van der Waals surface area contributed by atoms with Crippen LogP contribution in [-0.4, -0.2) is 28.9 Å². The molecule has 2 aromatic carbocycles. The third kappa shape index (κ3) is 3.91. The first-order valence-electron chi connectivity index (χ1n) is 9.20. The maximum atomic E-state index is 13.2. The number of amidine groups is 1. The van der Waals surface area contributed by atoms with E-state index in [1.54, 1.807) is 11.0 Å². The van der Waals surface area contributed by atoms with Gasteiger partial charge in [0, 0.05) is 0 Å². The lowest BCUT2D eigenvalue weighted by Crippen LogP contribution is -2.31. The summed E-state index contributed by atoms with van der Waals surface area (Å²) in [6.07, 6.45) is 1.72. The highest BCUT2D eigenvalue weighted by atomic mass is 32.2. The van der Waals surface area contributed by atoms with E-state index in [1.807, 2.05) is 56.3 Å². The van der Waals surface area contributed by atoms with Gasteiger partial charge in [0.1, 0.15) is 11.5 Å². The van der Waals surface area contributed by atoms with Gasteiger partial charge in [-0.2, -0.15) is 0 Å². The Kier molecular flexibility index (Phi) is 5.15. The van der Waals surface area contributed by atoms with Gasteiger partial charge in [-0.25, -0.2) is 4.99 Å². The Balaban J connectivity index is 1.70. The van der Waals surface area contributed by atoms with Crippen molar-refractivity contribution in [2.75, 3.05) is 11.7 Å². The Morgan fingerprint density at radius 3 is 2.62 bits per heavy atom. The predicted molar refractivity (Wildman–Crippen MR) is 114 cm³/mol. The summed E-state index contributed by atoms with van der Waals surface area (Å²) in [4.78, 5) is 31.1. The molecule has 1 atom stereocenters. The standard InChI is InChI=1S/C22H20N2O4S/c1-13-4-7-17(8-5-13)24-21(26)18(23-22(24)29-15(3)14(2)25)10-16-6-9-19-20(11-16)28-12-27-19/h4-11,15H,12H2,1-3H3/b18-10-. The number of hydrogen-bond donors (Lipinski definition) is 0. The van der Waals surface area contributed by atoms with Crippen LogP contribution in [0.4, 0.5) is 5.69 Å². The molecular weight excluding hydrogens is 388 g/mol. The first-order valence-corrected chi connectivity index (χ1v) is 10.1. The van der Waals surface area contributed by atoms with E-state index in [-0.39, 0.29) is 23.7 Å². The van der Waals surface area contributed by atoms with E-state index in [4.69, 9.17) is 9.47 Å². The lowest BCUT2D eigenvalue weighted by Gasteiger charge is -2.19.